The molecule has 8 heteroatoms. The monoisotopic (exact) mass is 438 g/mol. The summed E-state index contributed by atoms with van der Waals surface area (Å²) < 4.78 is 16.4. The van der Waals surface area contributed by atoms with E-state index in [4.69, 9.17) is 19.9 Å². The molecule has 1 unspecified atom stereocenters. The zero-order valence-corrected chi connectivity index (χ0v) is 19.1. The number of ketones is 1. The highest BCUT2D eigenvalue weighted by Gasteiger charge is 2.46. The number of hydrogen-bond acceptors (Lipinski definition) is 8. The van der Waals surface area contributed by atoms with Gasteiger partial charge in [-0.1, -0.05) is 19.9 Å². The number of hydrogen-bond donors (Lipinski definition) is 1. The number of carbonyl (C=O) groups excluding carboxylic acids is 1. The van der Waals surface area contributed by atoms with Crippen molar-refractivity contribution in [3.05, 3.63) is 46.4 Å². The maximum atomic E-state index is 13.5. The van der Waals surface area contributed by atoms with Crippen molar-refractivity contribution in [2.75, 3.05) is 40.5 Å². The second-order valence-electron chi connectivity index (χ2n) is 9.14. The first-order valence-corrected chi connectivity index (χ1v) is 10.8. The van der Waals surface area contributed by atoms with Crippen LogP contribution in [0.15, 0.2) is 40.9 Å². The van der Waals surface area contributed by atoms with Crippen LogP contribution in [-0.2, 0) is 9.53 Å². The summed E-state index contributed by atoms with van der Waals surface area (Å²) in [5, 5.41) is 14.2. The molecule has 0 radical (unpaired) electrons. The van der Waals surface area contributed by atoms with Crippen LogP contribution < -0.4 is 15.2 Å². The lowest BCUT2D eigenvalue weighted by molar-refractivity contribution is -0.119. The topological polar surface area (TPSA) is 101 Å². The van der Waals surface area contributed by atoms with Crippen LogP contribution in [0.2, 0.25) is 0 Å². The van der Waals surface area contributed by atoms with Gasteiger partial charge in [-0.15, -0.1) is 0 Å². The van der Waals surface area contributed by atoms with Gasteiger partial charge in [0.1, 0.15) is 5.82 Å². The third kappa shape index (κ3) is 3.72. The minimum atomic E-state index is -0.546. The standard InChI is InChI=1S/C24H30N4O4/c1-24(2)12-17-22(18(29)13-24)21(15-5-6-19(30-3)20(11-15)31-4)16(14-25)23(26)28(17)27-7-9-32-10-8-27/h5-6,11,21H,7-10,12-13,26H2,1-4H3. The molecule has 8 nitrogen and oxygen atoms in total. The Balaban J connectivity index is 1.92. The smallest absolute Gasteiger partial charge is 0.162 e. The van der Waals surface area contributed by atoms with E-state index in [1.54, 1.807) is 20.3 Å². The summed E-state index contributed by atoms with van der Waals surface area (Å²) in [6.07, 6.45) is 1.11. The van der Waals surface area contributed by atoms with E-state index in [2.05, 4.69) is 24.9 Å². The van der Waals surface area contributed by atoms with E-state index < -0.39 is 5.92 Å². The Morgan fingerprint density at radius 3 is 2.47 bits per heavy atom. The molecule has 2 heterocycles. The van der Waals surface area contributed by atoms with Gasteiger partial charge in [-0.2, -0.15) is 5.26 Å². The summed E-state index contributed by atoms with van der Waals surface area (Å²) in [6.45, 7) is 6.63. The van der Waals surface area contributed by atoms with Crippen LogP contribution in [0.1, 0.15) is 38.2 Å². The number of allylic oxidation sites excluding steroid dienone is 3. The average molecular weight is 439 g/mol. The zero-order valence-electron chi connectivity index (χ0n) is 19.1. The number of Topliss-reactive ketones (excluding diaryl/α,β-unsaturated/α-hetero) is 1. The molecule has 1 aliphatic carbocycles. The number of hydrazine groups is 1. The Morgan fingerprint density at radius 1 is 1.16 bits per heavy atom. The largest absolute Gasteiger partial charge is 0.493 e. The number of nitriles is 1. The van der Waals surface area contributed by atoms with Gasteiger partial charge in [-0.3, -0.25) is 9.80 Å². The number of benzene rings is 1. The van der Waals surface area contributed by atoms with Crippen molar-refractivity contribution in [2.24, 2.45) is 11.1 Å². The van der Waals surface area contributed by atoms with Gasteiger partial charge in [-0.25, -0.2) is 5.01 Å². The van der Waals surface area contributed by atoms with E-state index in [1.807, 2.05) is 17.1 Å². The van der Waals surface area contributed by atoms with Crippen molar-refractivity contribution in [1.29, 1.82) is 5.26 Å². The number of methoxy groups -OCH3 is 2. The highest BCUT2D eigenvalue weighted by molar-refractivity contribution is 6.00. The molecule has 3 aliphatic rings. The van der Waals surface area contributed by atoms with Crippen LogP contribution in [0.4, 0.5) is 0 Å². The summed E-state index contributed by atoms with van der Waals surface area (Å²) in [5.74, 6) is 1.01. The Bertz CT molecular complexity index is 1030. The number of ether oxygens (including phenoxy) is 3. The van der Waals surface area contributed by atoms with Gasteiger partial charge in [0.05, 0.1) is 45.0 Å². The number of nitrogens with two attached hydrogens (primary N) is 1. The van der Waals surface area contributed by atoms with Crippen molar-refractivity contribution < 1.29 is 19.0 Å². The van der Waals surface area contributed by atoms with Gasteiger partial charge in [-0.05, 0) is 29.5 Å². The van der Waals surface area contributed by atoms with Gasteiger partial charge in [0.25, 0.3) is 0 Å². The van der Waals surface area contributed by atoms with E-state index in [-0.39, 0.29) is 11.2 Å². The molecule has 0 bridgehead atoms. The van der Waals surface area contributed by atoms with Gasteiger partial charge in [0.15, 0.2) is 17.3 Å². The maximum Gasteiger partial charge on any atom is 0.162 e. The number of nitrogens with zero attached hydrogens (tertiary/aromatic N) is 3. The summed E-state index contributed by atoms with van der Waals surface area (Å²) >= 11 is 0. The molecule has 0 amide bonds. The minimum absolute atomic E-state index is 0.0505. The summed E-state index contributed by atoms with van der Waals surface area (Å²) in [5.41, 5.74) is 9.14. The van der Waals surface area contributed by atoms with E-state index in [1.165, 1.54) is 0 Å². The molecule has 170 valence electrons. The molecule has 2 N–H and O–H groups in total. The normalized spacial score (nSPS) is 23.7. The zero-order chi connectivity index (χ0) is 23.0. The van der Waals surface area contributed by atoms with Gasteiger partial charge >= 0.3 is 0 Å². The lowest BCUT2D eigenvalue weighted by Crippen LogP contribution is -2.53. The predicted molar refractivity (Wildman–Crippen MR) is 118 cm³/mol. The van der Waals surface area contributed by atoms with Crippen molar-refractivity contribution in [1.82, 2.24) is 10.0 Å². The SMILES string of the molecule is COc1ccc(C2C(C#N)=C(N)N(N3CCOCC3)C3=C2C(=O)CC(C)(C)C3)cc1OC. The first kappa shape index (κ1) is 22.2. The highest BCUT2D eigenvalue weighted by Crippen LogP contribution is 2.50. The fraction of sp³-hybridized carbons (Fsp3) is 0.500. The molecule has 1 aromatic carbocycles. The Labute approximate surface area is 188 Å². The fourth-order valence-corrected chi connectivity index (χ4v) is 4.93. The van der Waals surface area contributed by atoms with E-state index in [0.29, 0.717) is 67.6 Å². The van der Waals surface area contributed by atoms with Crippen LogP contribution in [0.3, 0.4) is 0 Å². The van der Waals surface area contributed by atoms with Crippen LogP contribution >= 0.6 is 0 Å². The van der Waals surface area contributed by atoms with Crippen molar-refractivity contribution in [3.8, 4) is 17.6 Å². The Morgan fingerprint density at radius 2 is 1.84 bits per heavy atom. The highest BCUT2D eigenvalue weighted by atomic mass is 16.5. The second-order valence-corrected chi connectivity index (χ2v) is 9.14. The summed E-state index contributed by atoms with van der Waals surface area (Å²) in [7, 11) is 3.14. The van der Waals surface area contributed by atoms with Gasteiger partial charge in [0, 0.05) is 30.8 Å². The maximum absolute atomic E-state index is 13.5. The van der Waals surface area contributed by atoms with E-state index in [0.717, 1.165) is 11.3 Å². The third-order valence-electron chi connectivity index (χ3n) is 6.37. The Kier molecular flexibility index (Phi) is 5.89. The average Bonchev–Trinajstić information content (AvgIpc) is 2.77. The molecule has 0 aromatic heterocycles. The molecule has 4 rings (SSSR count). The molecular formula is C24H30N4O4. The molecule has 32 heavy (non-hydrogen) atoms. The molecule has 0 saturated carbocycles. The molecular weight excluding hydrogens is 408 g/mol. The summed E-state index contributed by atoms with van der Waals surface area (Å²) in [4.78, 5) is 13.5. The fourth-order valence-electron chi connectivity index (χ4n) is 4.93. The molecule has 0 spiro atoms. The quantitative estimate of drug-likeness (QED) is 0.766. The molecule has 1 atom stereocenters. The van der Waals surface area contributed by atoms with Crippen molar-refractivity contribution >= 4 is 5.78 Å². The van der Waals surface area contributed by atoms with Crippen molar-refractivity contribution in [2.45, 2.75) is 32.6 Å². The number of carbonyl (C=O) groups is 1. The van der Waals surface area contributed by atoms with Crippen LogP contribution in [0.25, 0.3) is 0 Å². The van der Waals surface area contributed by atoms with Gasteiger partial charge in [0.2, 0.25) is 0 Å². The lowest BCUT2D eigenvalue weighted by Gasteiger charge is -2.48. The molecule has 1 aromatic rings. The van der Waals surface area contributed by atoms with Crippen LogP contribution in [-0.4, -0.2) is 56.3 Å². The first-order valence-electron chi connectivity index (χ1n) is 10.8. The molecule has 2 aliphatic heterocycles. The Hall–Kier alpha value is -3.02. The minimum Gasteiger partial charge on any atom is -0.493 e. The van der Waals surface area contributed by atoms with Crippen LogP contribution in [0, 0.1) is 16.7 Å². The van der Waals surface area contributed by atoms with E-state index >= 15 is 0 Å². The number of rotatable bonds is 4. The van der Waals surface area contributed by atoms with Crippen LogP contribution in [0.5, 0.6) is 11.5 Å². The predicted octanol–water partition coefficient (Wildman–Crippen LogP) is 2.69. The first-order chi connectivity index (χ1) is 15.3. The molecule has 1 fully saturated rings. The lowest BCUT2D eigenvalue weighted by atomic mass is 9.69. The van der Waals surface area contributed by atoms with E-state index in [9.17, 15) is 10.1 Å². The second kappa shape index (κ2) is 8.49. The summed E-state index contributed by atoms with van der Waals surface area (Å²) in [6, 6.07) is 7.81. The van der Waals surface area contributed by atoms with Crippen molar-refractivity contribution in [3.63, 3.8) is 0 Å². The molecule has 1 saturated heterocycles. The number of morpholine rings is 1. The third-order valence-corrected chi connectivity index (χ3v) is 6.37. The van der Waals surface area contributed by atoms with Gasteiger partial charge < -0.3 is 19.9 Å².